The van der Waals surface area contributed by atoms with E-state index in [0.717, 1.165) is 71.9 Å². The van der Waals surface area contributed by atoms with Crippen LogP contribution in [0.25, 0.3) is 33.2 Å². The molecule has 0 radical (unpaired) electrons. The highest BCUT2D eigenvalue weighted by Crippen LogP contribution is 2.36. The highest BCUT2D eigenvalue weighted by Gasteiger charge is 2.21. The SMILES string of the molecule is O=Cc1cc(-c2ccc(-c3ccccc3CN3CCN(c4ccc(C(=O)NCc5ccc(F)cc5)nn4)CC3)cn2)c2ccccc2c1O. The maximum atomic E-state index is 13.1. The van der Waals surface area contributed by atoms with E-state index in [1.807, 2.05) is 54.7 Å². The molecule has 9 nitrogen and oxygen atoms in total. The molecule has 1 saturated heterocycles. The predicted molar refractivity (Wildman–Crippen MR) is 187 cm³/mol. The maximum absolute atomic E-state index is 13.1. The summed E-state index contributed by atoms with van der Waals surface area (Å²) in [6, 6.07) is 31.0. The van der Waals surface area contributed by atoms with Crippen LogP contribution in [0.2, 0.25) is 0 Å². The summed E-state index contributed by atoms with van der Waals surface area (Å²) in [4.78, 5) is 33.6. The molecular weight excluding hydrogens is 619 g/mol. The molecule has 2 N–H and O–H groups in total. The van der Waals surface area contributed by atoms with Crippen molar-refractivity contribution in [2.75, 3.05) is 31.1 Å². The minimum atomic E-state index is -0.336. The number of amides is 1. The van der Waals surface area contributed by atoms with Crippen LogP contribution in [0.4, 0.5) is 10.2 Å². The lowest BCUT2D eigenvalue weighted by atomic mass is 9.96. The summed E-state index contributed by atoms with van der Waals surface area (Å²) in [6.45, 7) is 4.26. The molecule has 1 fully saturated rings. The number of rotatable bonds is 9. The van der Waals surface area contributed by atoms with E-state index in [2.05, 4.69) is 37.4 Å². The van der Waals surface area contributed by atoms with E-state index in [0.29, 0.717) is 11.7 Å². The molecule has 1 amide bonds. The second-order valence-corrected chi connectivity index (χ2v) is 12.0. The van der Waals surface area contributed by atoms with E-state index in [-0.39, 0.29) is 35.3 Å². The van der Waals surface area contributed by atoms with Gasteiger partial charge in [0.1, 0.15) is 11.6 Å². The number of aromatic nitrogens is 3. The van der Waals surface area contributed by atoms with Gasteiger partial charge in [-0.15, -0.1) is 10.2 Å². The Hall–Kier alpha value is -6.00. The second kappa shape index (κ2) is 14.0. The molecule has 0 atom stereocenters. The van der Waals surface area contributed by atoms with E-state index in [9.17, 15) is 19.1 Å². The molecule has 2 aromatic heterocycles. The molecule has 0 spiro atoms. The molecular formula is C39H33FN6O3. The van der Waals surface area contributed by atoms with Crippen molar-refractivity contribution in [3.8, 4) is 28.1 Å². The topological polar surface area (TPSA) is 112 Å². The molecule has 244 valence electrons. The Morgan fingerprint density at radius 1 is 0.837 bits per heavy atom. The Labute approximate surface area is 282 Å². The Morgan fingerprint density at radius 2 is 1.59 bits per heavy atom. The second-order valence-electron chi connectivity index (χ2n) is 12.0. The normalized spacial score (nSPS) is 13.4. The number of nitrogens with one attached hydrogen (secondary N) is 1. The first-order valence-electron chi connectivity index (χ1n) is 16.0. The third-order valence-electron chi connectivity index (χ3n) is 8.88. The van der Waals surface area contributed by atoms with Crippen LogP contribution < -0.4 is 10.2 Å². The lowest BCUT2D eigenvalue weighted by Crippen LogP contribution is -2.46. The quantitative estimate of drug-likeness (QED) is 0.176. The van der Waals surface area contributed by atoms with Crippen LogP contribution in [0.1, 0.15) is 32.0 Å². The molecule has 6 aromatic rings. The number of halogens is 1. The maximum Gasteiger partial charge on any atom is 0.272 e. The van der Waals surface area contributed by atoms with Gasteiger partial charge in [-0.1, -0.05) is 66.7 Å². The number of hydrogen-bond donors (Lipinski definition) is 2. The van der Waals surface area contributed by atoms with Crippen LogP contribution in [0.15, 0.2) is 109 Å². The standard InChI is InChI=1S/C39H33FN6O3/c40-30-12-9-26(10-13-30)22-42-39(49)36-15-16-37(44-43-36)46-19-17-45(18-20-46)24-28-5-1-2-6-31(28)27-11-14-35(41-23-27)34-21-29(25-47)38(48)33-8-4-3-7-32(33)34/h1-16,21,23,25,48H,17-20,22,24H2,(H,42,49). The minimum absolute atomic E-state index is 0.0214. The third-order valence-corrected chi connectivity index (χ3v) is 8.88. The lowest BCUT2D eigenvalue weighted by Gasteiger charge is -2.35. The van der Waals surface area contributed by atoms with Gasteiger partial charge in [0.15, 0.2) is 17.8 Å². The molecule has 1 aliphatic heterocycles. The third kappa shape index (κ3) is 6.86. The monoisotopic (exact) mass is 652 g/mol. The van der Waals surface area contributed by atoms with Crippen molar-refractivity contribution in [1.82, 2.24) is 25.4 Å². The predicted octanol–water partition coefficient (Wildman–Crippen LogP) is 6.27. The molecule has 0 unspecified atom stereocenters. The number of phenols is 1. The van der Waals surface area contributed by atoms with Gasteiger partial charge in [-0.05, 0) is 58.5 Å². The van der Waals surface area contributed by atoms with Crippen molar-refractivity contribution in [2.45, 2.75) is 13.1 Å². The van der Waals surface area contributed by atoms with Gasteiger partial charge in [-0.25, -0.2) is 4.39 Å². The summed E-state index contributed by atoms with van der Waals surface area (Å²) in [5.74, 6) is 0.0486. The minimum Gasteiger partial charge on any atom is -0.507 e. The lowest BCUT2D eigenvalue weighted by molar-refractivity contribution is 0.0944. The van der Waals surface area contributed by atoms with E-state index < -0.39 is 0 Å². The van der Waals surface area contributed by atoms with E-state index in [1.165, 1.54) is 17.7 Å². The average molecular weight is 653 g/mol. The van der Waals surface area contributed by atoms with Crippen molar-refractivity contribution in [3.63, 3.8) is 0 Å². The van der Waals surface area contributed by atoms with E-state index in [1.54, 1.807) is 30.3 Å². The van der Waals surface area contributed by atoms with Crippen LogP contribution in [-0.4, -0.2) is 63.6 Å². The summed E-state index contributed by atoms with van der Waals surface area (Å²) in [6.07, 6.45) is 2.53. The Bertz CT molecular complexity index is 2110. The summed E-state index contributed by atoms with van der Waals surface area (Å²) in [7, 11) is 0. The fourth-order valence-corrected chi connectivity index (χ4v) is 6.20. The number of carbonyl (C=O) groups is 2. The van der Waals surface area contributed by atoms with Crippen LogP contribution >= 0.6 is 0 Å². The van der Waals surface area contributed by atoms with Gasteiger partial charge in [0, 0.05) is 62.0 Å². The first kappa shape index (κ1) is 31.6. The largest absolute Gasteiger partial charge is 0.507 e. The summed E-state index contributed by atoms with van der Waals surface area (Å²) in [5, 5.41) is 23.3. The average Bonchev–Trinajstić information content (AvgIpc) is 3.15. The molecule has 0 bridgehead atoms. The van der Waals surface area contributed by atoms with Gasteiger partial charge in [0.25, 0.3) is 5.91 Å². The number of fused-ring (bicyclic) bond motifs is 1. The van der Waals surface area contributed by atoms with Gasteiger partial charge in [-0.3, -0.25) is 19.5 Å². The molecule has 3 heterocycles. The Balaban J connectivity index is 0.985. The number of anilines is 1. The molecule has 7 rings (SSSR count). The van der Waals surface area contributed by atoms with Crippen LogP contribution in [0.5, 0.6) is 5.75 Å². The number of piperazine rings is 1. The summed E-state index contributed by atoms with van der Waals surface area (Å²) in [5.41, 5.74) is 6.06. The zero-order valence-corrected chi connectivity index (χ0v) is 26.6. The van der Waals surface area contributed by atoms with Crippen molar-refractivity contribution in [2.24, 2.45) is 0 Å². The molecule has 0 saturated carbocycles. The molecule has 10 heteroatoms. The van der Waals surface area contributed by atoms with Gasteiger partial charge in [0.2, 0.25) is 0 Å². The zero-order chi connectivity index (χ0) is 33.7. The summed E-state index contributed by atoms with van der Waals surface area (Å²) < 4.78 is 13.1. The number of pyridine rings is 1. The van der Waals surface area contributed by atoms with Gasteiger partial charge in [-0.2, -0.15) is 0 Å². The van der Waals surface area contributed by atoms with Crippen molar-refractivity contribution >= 4 is 28.8 Å². The van der Waals surface area contributed by atoms with Crippen molar-refractivity contribution in [3.05, 3.63) is 138 Å². The van der Waals surface area contributed by atoms with Gasteiger partial charge in [0.05, 0.1) is 11.3 Å². The summed E-state index contributed by atoms with van der Waals surface area (Å²) >= 11 is 0. The Morgan fingerprint density at radius 3 is 2.31 bits per heavy atom. The Kier molecular flexibility index (Phi) is 9.03. The van der Waals surface area contributed by atoms with E-state index in [4.69, 9.17) is 4.98 Å². The van der Waals surface area contributed by atoms with Gasteiger partial charge >= 0.3 is 0 Å². The number of aromatic hydroxyl groups is 1. The highest BCUT2D eigenvalue weighted by atomic mass is 19.1. The number of phenolic OH excluding ortho intramolecular Hbond substituents is 1. The number of aldehydes is 1. The zero-order valence-electron chi connectivity index (χ0n) is 26.6. The smallest absolute Gasteiger partial charge is 0.272 e. The van der Waals surface area contributed by atoms with Crippen LogP contribution in [-0.2, 0) is 13.1 Å². The van der Waals surface area contributed by atoms with Crippen molar-refractivity contribution < 1.29 is 19.1 Å². The molecule has 4 aromatic carbocycles. The molecule has 49 heavy (non-hydrogen) atoms. The fourth-order valence-electron chi connectivity index (χ4n) is 6.20. The number of nitrogens with zero attached hydrogens (tertiary/aromatic N) is 5. The van der Waals surface area contributed by atoms with Crippen LogP contribution in [0, 0.1) is 5.82 Å². The fraction of sp³-hybridized carbons (Fsp3) is 0.154. The number of carbonyl (C=O) groups excluding carboxylic acids is 2. The van der Waals surface area contributed by atoms with E-state index >= 15 is 0 Å². The molecule has 1 aliphatic rings. The van der Waals surface area contributed by atoms with Crippen molar-refractivity contribution in [1.29, 1.82) is 0 Å². The highest BCUT2D eigenvalue weighted by molar-refractivity contribution is 6.04. The van der Waals surface area contributed by atoms with Crippen LogP contribution in [0.3, 0.4) is 0 Å². The van der Waals surface area contributed by atoms with Gasteiger partial charge < -0.3 is 15.3 Å². The number of benzene rings is 4. The first-order chi connectivity index (χ1) is 24.0. The first-order valence-corrected chi connectivity index (χ1v) is 16.0. The number of hydrogen-bond acceptors (Lipinski definition) is 8. The molecule has 0 aliphatic carbocycles.